The molecule has 6 heteroatoms. The van der Waals surface area contributed by atoms with E-state index in [9.17, 15) is 14.4 Å². The van der Waals surface area contributed by atoms with Crippen LogP contribution in [-0.2, 0) is 19.1 Å². The molecule has 2 aromatic rings. The van der Waals surface area contributed by atoms with Crippen molar-refractivity contribution < 1.29 is 19.1 Å². The lowest BCUT2D eigenvalue weighted by atomic mass is 9.88. The van der Waals surface area contributed by atoms with Crippen molar-refractivity contribution in [3.63, 3.8) is 0 Å². The van der Waals surface area contributed by atoms with Gasteiger partial charge in [-0.25, -0.2) is 0 Å². The quantitative estimate of drug-likeness (QED) is 0.618. The Balaban J connectivity index is 1.78. The molecule has 148 valence electrons. The molecule has 0 aromatic heterocycles. The van der Waals surface area contributed by atoms with Crippen LogP contribution in [-0.4, -0.2) is 37.5 Å². The number of nitrogens with one attached hydrogen (secondary N) is 2. The third-order valence-electron chi connectivity index (χ3n) is 4.23. The van der Waals surface area contributed by atoms with E-state index in [0.29, 0.717) is 6.54 Å². The Kier molecular flexibility index (Phi) is 8.72. The number of hydrogen-bond acceptors (Lipinski definition) is 4. The van der Waals surface area contributed by atoms with E-state index >= 15 is 0 Å². The number of carbonyl (C=O) groups is 3. The molecule has 0 unspecified atom stereocenters. The minimum atomic E-state index is -0.518. The van der Waals surface area contributed by atoms with Crippen molar-refractivity contribution in [2.75, 3.05) is 19.7 Å². The average molecular weight is 382 g/mol. The van der Waals surface area contributed by atoms with Crippen LogP contribution in [0.15, 0.2) is 60.7 Å². The smallest absolute Gasteiger partial charge is 0.308 e. The van der Waals surface area contributed by atoms with Gasteiger partial charge in [-0.1, -0.05) is 60.7 Å². The molecule has 0 heterocycles. The van der Waals surface area contributed by atoms with Gasteiger partial charge in [0.2, 0.25) is 5.91 Å². The summed E-state index contributed by atoms with van der Waals surface area (Å²) in [6, 6.07) is 20.3. The number of esters is 1. The first-order valence-corrected chi connectivity index (χ1v) is 9.33. The molecule has 2 N–H and O–H groups in total. The van der Waals surface area contributed by atoms with E-state index in [4.69, 9.17) is 4.74 Å². The summed E-state index contributed by atoms with van der Waals surface area (Å²) in [5.41, 5.74) is 2.37. The second kappa shape index (κ2) is 11.5. The van der Waals surface area contributed by atoms with Gasteiger partial charge in [-0.2, -0.15) is 0 Å². The SMILES string of the molecule is CC(=O)NCCC(=O)OCC(=O)NCCC(c1ccccc1)c1ccccc1. The number of hydrogen-bond donors (Lipinski definition) is 2. The van der Waals surface area contributed by atoms with Crippen LogP contribution in [0.4, 0.5) is 0 Å². The predicted molar refractivity (Wildman–Crippen MR) is 107 cm³/mol. The molecule has 0 aliphatic heterocycles. The van der Waals surface area contributed by atoms with Gasteiger partial charge in [0.15, 0.2) is 6.61 Å². The molecule has 2 amide bonds. The summed E-state index contributed by atoms with van der Waals surface area (Å²) in [7, 11) is 0. The number of rotatable bonds is 10. The normalized spacial score (nSPS) is 10.4. The van der Waals surface area contributed by atoms with Gasteiger partial charge in [0.1, 0.15) is 0 Å². The molecule has 0 spiro atoms. The highest BCUT2D eigenvalue weighted by molar-refractivity contribution is 5.80. The molecule has 0 bridgehead atoms. The Bertz CT molecular complexity index is 723. The van der Waals surface area contributed by atoms with Crippen LogP contribution in [0.2, 0.25) is 0 Å². The van der Waals surface area contributed by atoms with E-state index in [1.165, 1.54) is 18.1 Å². The summed E-state index contributed by atoms with van der Waals surface area (Å²) in [6.07, 6.45) is 0.771. The monoisotopic (exact) mass is 382 g/mol. The lowest BCUT2D eigenvalue weighted by Gasteiger charge is -2.18. The third-order valence-corrected chi connectivity index (χ3v) is 4.23. The Morgan fingerprint density at radius 2 is 1.43 bits per heavy atom. The largest absolute Gasteiger partial charge is 0.456 e. The summed E-state index contributed by atoms with van der Waals surface area (Å²) in [4.78, 5) is 34.2. The predicted octanol–water partition coefficient (Wildman–Crippen LogP) is 2.39. The van der Waals surface area contributed by atoms with Crippen LogP contribution in [0.3, 0.4) is 0 Å². The number of amides is 2. The van der Waals surface area contributed by atoms with Crippen molar-refractivity contribution in [2.45, 2.75) is 25.7 Å². The lowest BCUT2D eigenvalue weighted by Crippen LogP contribution is -2.31. The molecule has 0 aliphatic carbocycles. The van der Waals surface area contributed by atoms with E-state index < -0.39 is 5.97 Å². The van der Waals surface area contributed by atoms with Crippen molar-refractivity contribution in [1.82, 2.24) is 10.6 Å². The van der Waals surface area contributed by atoms with Crippen molar-refractivity contribution in [1.29, 1.82) is 0 Å². The zero-order valence-electron chi connectivity index (χ0n) is 16.0. The highest BCUT2D eigenvalue weighted by atomic mass is 16.5. The van der Waals surface area contributed by atoms with Crippen molar-refractivity contribution >= 4 is 17.8 Å². The van der Waals surface area contributed by atoms with Crippen molar-refractivity contribution in [2.24, 2.45) is 0 Å². The van der Waals surface area contributed by atoms with E-state index in [2.05, 4.69) is 34.9 Å². The van der Waals surface area contributed by atoms with Crippen LogP contribution in [0, 0.1) is 0 Å². The van der Waals surface area contributed by atoms with Crippen LogP contribution in [0.5, 0.6) is 0 Å². The molecular formula is C22H26N2O4. The van der Waals surface area contributed by atoms with Gasteiger partial charge in [0, 0.05) is 25.9 Å². The average Bonchev–Trinajstić information content (AvgIpc) is 2.71. The van der Waals surface area contributed by atoms with E-state index in [-0.39, 0.29) is 37.3 Å². The maximum absolute atomic E-state index is 11.9. The number of ether oxygens (including phenoxy) is 1. The maximum Gasteiger partial charge on any atom is 0.308 e. The highest BCUT2D eigenvalue weighted by Crippen LogP contribution is 2.27. The van der Waals surface area contributed by atoms with Crippen LogP contribution >= 0.6 is 0 Å². The number of benzene rings is 2. The fourth-order valence-corrected chi connectivity index (χ4v) is 2.86. The number of carbonyl (C=O) groups excluding carboxylic acids is 3. The van der Waals surface area contributed by atoms with Gasteiger partial charge in [0.05, 0.1) is 6.42 Å². The van der Waals surface area contributed by atoms with E-state index in [1.54, 1.807) is 0 Å². The minimum absolute atomic E-state index is 0.0386. The fourth-order valence-electron chi connectivity index (χ4n) is 2.86. The van der Waals surface area contributed by atoms with Crippen molar-refractivity contribution in [3.8, 4) is 0 Å². The topological polar surface area (TPSA) is 84.5 Å². The molecular weight excluding hydrogens is 356 g/mol. The molecule has 0 saturated heterocycles. The first-order chi connectivity index (χ1) is 13.6. The van der Waals surface area contributed by atoms with Gasteiger partial charge in [0.25, 0.3) is 5.91 Å². The van der Waals surface area contributed by atoms with Crippen LogP contribution in [0.1, 0.15) is 36.8 Å². The molecule has 2 rings (SSSR count). The van der Waals surface area contributed by atoms with Crippen LogP contribution in [0.25, 0.3) is 0 Å². The molecule has 28 heavy (non-hydrogen) atoms. The second-order valence-electron chi connectivity index (χ2n) is 6.41. The Hall–Kier alpha value is -3.15. The lowest BCUT2D eigenvalue weighted by molar-refractivity contribution is -0.148. The standard InChI is InChI=1S/C22H26N2O4/c1-17(25)23-15-13-22(27)28-16-21(26)24-14-12-20(18-8-4-2-5-9-18)19-10-6-3-7-11-19/h2-11,20H,12-16H2,1H3,(H,23,25)(H,24,26). The molecule has 0 atom stereocenters. The summed E-state index contributed by atoms with van der Waals surface area (Å²) in [5, 5.41) is 5.30. The summed E-state index contributed by atoms with van der Waals surface area (Å²) >= 11 is 0. The molecule has 6 nitrogen and oxygen atoms in total. The van der Waals surface area contributed by atoms with E-state index in [1.807, 2.05) is 36.4 Å². The van der Waals surface area contributed by atoms with Gasteiger partial charge in [-0.3, -0.25) is 14.4 Å². The van der Waals surface area contributed by atoms with Gasteiger partial charge in [-0.15, -0.1) is 0 Å². The highest BCUT2D eigenvalue weighted by Gasteiger charge is 2.14. The van der Waals surface area contributed by atoms with Gasteiger partial charge < -0.3 is 15.4 Å². The van der Waals surface area contributed by atoms with Gasteiger partial charge in [-0.05, 0) is 17.5 Å². The van der Waals surface area contributed by atoms with E-state index in [0.717, 1.165) is 6.42 Å². The molecule has 0 saturated carbocycles. The van der Waals surface area contributed by atoms with Crippen LogP contribution < -0.4 is 10.6 Å². The molecule has 2 aromatic carbocycles. The zero-order valence-corrected chi connectivity index (χ0v) is 16.0. The molecule has 0 aliphatic rings. The zero-order chi connectivity index (χ0) is 20.2. The first-order valence-electron chi connectivity index (χ1n) is 9.33. The molecule has 0 fully saturated rings. The second-order valence-corrected chi connectivity index (χ2v) is 6.41. The minimum Gasteiger partial charge on any atom is -0.456 e. The summed E-state index contributed by atoms with van der Waals surface area (Å²) < 4.78 is 4.91. The molecule has 0 radical (unpaired) electrons. The maximum atomic E-state index is 11.9. The third kappa shape index (κ3) is 7.61. The Morgan fingerprint density at radius 3 is 1.96 bits per heavy atom. The Morgan fingerprint density at radius 1 is 0.857 bits per heavy atom. The summed E-state index contributed by atoms with van der Waals surface area (Å²) in [5.74, 6) is -0.900. The van der Waals surface area contributed by atoms with Gasteiger partial charge >= 0.3 is 5.97 Å². The fraction of sp³-hybridized carbons (Fsp3) is 0.318. The summed E-state index contributed by atoms with van der Waals surface area (Å²) in [6.45, 7) is 1.72. The Labute approximate surface area is 165 Å². The first kappa shape index (κ1) is 21.2. The van der Waals surface area contributed by atoms with Crippen molar-refractivity contribution in [3.05, 3.63) is 71.8 Å².